The van der Waals surface area contributed by atoms with Crippen LogP contribution in [0.4, 0.5) is 0 Å². The van der Waals surface area contributed by atoms with E-state index < -0.39 is 0 Å². The van der Waals surface area contributed by atoms with Crippen LogP contribution in [-0.2, 0) is 7.05 Å². The van der Waals surface area contributed by atoms with Gasteiger partial charge in [-0.25, -0.2) is 4.68 Å². The second-order valence-electron chi connectivity index (χ2n) is 5.91. The summed E-state index contributed by atoms with van der Waals surface area (Å²) in [6.45, 7) is 5.17. The molecule has 1 amide bonds. The van der Waals surface area contributed by atoms with Crippen molar-refractivity contribution in [2.75, 3.05) is 13.1 Å². The van der Waals surface area contributed by atoms with Gasteiger partial charge in [-0.15, -0.1) is 0 Å². The van der Waals surface area contributed by atoms with Crippen molar-refractivity contribution in [2.45, 2.75) is 13.8 Å². The second kappa shape index (κ2) is 7.56. The van der Waals surface area contributed by atoms with Gasteiger partial charge in [-0.2, -0.15) is 5.10 Å². The molecule has 3 rings (SSSR count). The molecule has 0 unspecified atom stereocenters. The van der Waals surface area contributed by atoms with Gasteiger partial charge < -0.3 is 9.47 Å². The molecule has 0 saturated heterocycles. The van der Waals surface area contributed by atoms with Gasteiger partial charge in [0.25, 0.3) is 5.91 Å². The fourth-order valence-corrected chi connectivity index (χ4v) is 3.16. The molecule has 1 aromatic carbocycles. The Morgan fingerprint density at radius 1 is 1.12 bits per heavy atom. The number of carbonyl (C=O) groups excluding carboxylic acids is 1. The van der Waals surface area contributed by atoms with Crippen molar-refractivity contribution in [1.29, 1.82) is 0 Å². The number of hydrogen-bond acceptors (Lipinski definition) is 2. The van der Waals surface area contributed by atoms with E-state index in [1.54, 1.807) is 27.8 Å². The van der Waals surface area contributed by atoms with Crippen molar-refractivity contribution in [1.82, 2.24) is 19.2 Å². The normalized spacial score (nSPS) is 11.0. The van der Waals surface area contributed by atoms with Crippen LogP contribution in [-0.4, -0.2) is 38.2 Å². The maximum absolute atomic E-state index is 13.0. The number of aromatic nitrogens is 3. The molecular formula is C19H20Cl2N4O. The van der Waals surface area contributed by atoms with Crippen molar-refractivity contribution in [3.63, 3.8) is 0 Å². The molecule has 5 nitrogen and oxygen atoms in total. The number of nitrogens with zero attached hydrogens (tertiary/aromatic N) is 4. The number of hydrogen-bond donors (Lipinski definition) is 0. The SMILES string of the molecule is CCN(CC)C(=O)c1cc(-c2cccn2C)nn1-c1ccc(Cl)c(Cl)c1. The Kier molecular flexibility index (Phi) is 5.39. The summed E-state index contributed by atoms with van der Waals surface area (Å²) < 4.78 is 3.60. The minimum atomic E-state index is -0.0750. The molecule has 0 N–H and O–H groups in total. The molecule has 0 saturated carbocycles. The molecule has 136 valence electrons. The first kappa shape index (κ1) is 18.5. The third-order valence-corrected chi connectivity index (χ3v) is 5.07. The minimum absolute atomic E-state index is 0.0750. The zero-order valence-electron chi connectivity index (χ0n) is 14.9. The Balaban J connectivity index is 2.17. The number of aryl methyl sites for hydroxylation is 1. The quantitative estimate of drug-likeness (QED) is 0.635. The lowest BCUT2D eigenvalue weighted by atomic mass is 10.2. The third kappa shape index (κ3) is 3.37. The van der Waals surface area contributed by atoms with Crippen LogP contribution in [0.5, 0.6) is 0 Å². The molecule has 3 aromatic rings. The summed E-state index contributed by atoms with van der Waals surface area (Å²) in [5.74, 6) is -0.0750. The summed E-state index contributed by atoms with van der Waals surface area (Å²) in [5, 5.41) is 5.55. The summed E-state index contributed by atoms with van der Waals surface area (Å²) in [6.07, 6.45) is 1.94. The highest BCUT2D eigenvalue weighted by molar-refractivity contribution is 6.42. The standard InChI is InChI=1S/C19H20Cl2N4O/c1-4-24(5-2)19(26)18-12-16(17-7-6-10-23(17)3)22-25(18)13-8-9-14(20)15(21)11-13/h6-12H,4-5H2,1-3H3. The van der Waals surface area contributed by atoms with Gasteiger partial charge in [-0.05, 0) is 50.2 Å². The first-order chi connectivity index (χ1) is 12.5. The van der Waals surface area contributed by atoms with Gasteiger partial charge in [-0.3, -0.25) is 4.79 Å². The molecule has 0 aliphatic heterocycles. The van der Waals surface area contributed by atoms with E-state index in [1.165, 1.54) is 0 Å². The first-order valence-electron chi connectivity index (χ1n) is 8.42. The van der Waals surface area contributed by atoms with E-state index in [4.69, 9.17) is 23.2 Å². The Labute approximate surface area is 162 Å². The largest absolute Gasteiger partial charge is 0.349 e. The minimum Gasteiger partial charge on any atom is -0.349 e. The highest BCUT2D eigenvalue weighted by Gasteiger charge is 2.22. The van der Waals surface area contributed by atoms with E-state index >= 15 is 0 Å². The van der Waals surface area contributed by atoms with E-state index in [-0.39, 0.29) is 5.91 Å². The Morgan fingerprint density at radius 2 is 1.85 bits per heavy atom. The van der Waals surface area contributed by atoms with Crippen LogP contribution in [0.1, 0.15) is 24.3 Å². The topological polar surface area (TPSA) is 43.1 Å². The average molecular weight is 391 g/mol. The number of benzene rings is 1. The summed E-state index contributed by atoms with van der Waals surface area (Å²) in [6, 6.07) is 10.9. The fourth-order valence-electron chi connectivity index (χ4n) is 2.87. The van der Waals surface area contributed by atoms with Crippen LogP contribution in [0.25, 0.3) is 17.1 Å². The van der Waals surface area contributed by atoms with E-state index in [0.717, 1.165) is 11.4 Å². The van der Waals surface area contributed by atoms with E-state index in [2.05, 4.69) is 5.10 Å². The summed E-state index contributed by atoms with van der Waals surface area (Å²) in [5.41, 5.74) is 2.83. The van der Waals surface area contributed by atoms with Crippen LogP contribution in [0.15, 0.2) is 42.6 Å². The van der Waals surface area contributed by atoms with Gasteiger partial charge in [0.2, 0.25) is 0 Å². The van der Waals surface area contributed by atoms with Gasteiger partial charge in [-0.1, -0.05) is 23.2 Å². The molecule has 2 aromatic heterocycles. The highest BCUT2D eigenvalue weighted by atomic mass is 35.5. The van der Waals surface area contributed by atoms with Crippen molar-refractivity contribution < 1.29 is 4.79 Å². The van der Waals surface area contributed by atoms with E-state index in [9.17, 15) is 4.79 Å². The van der Waals surface area contributed by atoms with Gasteiger partial charge >= 0.3 is 0 Å². The molecular weight excluding hydrogens is 371 g/mol. The van der Waals surface area contributed by atoms with Gasteiger partial charge in [0.15, 0.2) is 0 Å². The molecule has 0 radical (unpaired) electrons. The van der Waals surface area contributed by atoms with Crippen molar-refractivity contribution in [2.24, 2.45) is 7.05 Å². The van der Waals surface area contributed by atoms with Crippen LogP contribution >= 0.6 is 23.2 Å². The van der Waals surface area contributed by atoms with Crippen molar-refractivity contribution >= 4 is 29.1 Å². The van der Waals surface area contributed by atoms with Crippen LogP contribution in [0.3, 0.4) is 0 Å². The second-order valence-corrected chi connectivity index (χ2v) is 6.72. The van der Waals surface area contributed by atoms with Gasteiger partial charge in [0.05, 0.1) is 21.4 Å². The van der Waals surface area contributed by atoms with Crippen LogP contribution in [0.2, 0.25) is 10.0 Å². The van der Waals surface area contributed by atoms with Crippen molar-refractivity contribution in [3.05, 3.63) is 58.3 Å². The number of rotatable bonds is 5. The average Bonchev–Trinajstić information content (AvgIpc) is 3.24. The molecule has 0 spiro atoms. The molecule has 0 atom stereocenters. The Hall–Kier alpha value is -2.24. The summed E-state index contributed by atoms with van der Waals surface area (Å²) >= 11 is 12.2. The van der Waals surface area contributed by atoms with E-state index in [1.807, 2.05) is 49.9 Å². The number of carbonyl (C=O) groups is 1. The third-order valence-electron chi connectivity index (χ3n) is 4.33. The van der Waals surface area contributed by atoms with Gasteiger partial charge in [0, 0.05) is 26.3 Å². The smallest absolute Gasteiger partial charge is 0.272 e. The van der Waals surface area contributed by atoms with Crippen molar-refractivity contribution in [3.8, 4) is 17.1 Å². The van der Waals surface area contributed by atoms with E-state index in [0.29, 0.717) is 34.5 Å². The van der Waals surface area contributed by atoms with Crippen LogP contribution in [0, 0.1) is 0 Å². The summed E-state index contributed by atoms with van der Waals surface area (Å²) in [4.78, 5) is 14.8. The molecule has 0 aliphatic rings. The lowest BCUT2D eigenvalue weighted by Gasteiger charge is -2.19. The predicted octanol–water partition coefficient (Wildman–Crippen LogP) is 4.67. The molecule has 0 bridgehead atoms. The predicted molar refractivity (Wildman–Crippen MR) is 105 cm³/mol. The lowest BCUT2D eigenvalue weighted by Crippen LogP contribution is -2.32. The number of halogens is 2. The first-order valence-corrected chi connectivity index (χ1v) is 9.18. The maximum atomic E-state index is 13.0. The Bertz CT molecular complexity index is 941. The zero-order chi connectivity index (χ0) is 18.8. The monoisotopic (exact) mass is 390 g/mol. The molecule has 2 heterocycles. The zero-order valence-corrected chi connectivity index (χ0v) is 16.4. The molecule has 0 aliphatic carbocycles. The molecule has 26 heavy (non-hydrogen) atoms. The lowest BCUT2D eigenvalue weighted by molar-refractivity contribution is 0.0764. The molecule has 0 fully saturated rings. The fraction of sp³-hybridized carbons (Fsp3) is 0.263. The van der Waals surface area contributed by atoms with Crippen LogP contribution < -0.4 is 0 Å². The highest BCUT2D eigenvalue weighted by Crippen LogP contribution is 2.27. The molecule has 7 heteroatoms. The number of amides is 1. The maximum Gasteiger partial charge on any atom is 0.272 e. The van der Waals surface area contributed by atoms with Gasteiger partial charge in [0.1, 0.15) is 11.4 Å². The Morgan fingerprint density at radius 3 is 2.42 bits per heavy atom. The summed E-state index contributed by atoms with van der Waals surface area (Å²) in [7, 11) is 1.94.